The van der Waals surface area contributed by atoms with E-state index in [1.807, 2.05) is 20.8 Å². The number of alkyl halides is 2. The van der Waals surface area contributed by atoms with Crippen LogP contribution in [0, 0.1) is 0 Å². The highest BCUT2D eigenvalue weighted by atomic mass is 19.3. The molecule has 0 unspecified atom stereocenters. The van der Waals surface area contributed by atoms with Crippen molar-refractivity contribution in [2.75, 3.05) is 5.32 Å². The largest absolute Gasteiger partial charge is 0.465 e. The summed E-state index contributed by atoms with van der Waals surface area (Å²) in [5.41, 5.74) is 0.524. The first kappa shape index (κ1) is 15.3. The number of pyridine rings is 1. The Bertz CT molecular complexity index is 477. The molecule has 2 N–H and O–H groups in total. The van der Waals surface area contributed by atoms with E-state index < -0.39 is 18.4 Å². The maximum Gasteiger partial charge on any atom is 0.410 e. The normalized spacial score (nSPS) is 12.3. The number of anilines is 1. The van der Waals surface area contributed by atoms with Crippen molar-refractivity contribution in [2.24, 2.45) is 0 Å². The van der Waals surface area contributed by atoms with Crippen LogP contribution in [-0.4, -0.2) is 22.1 Å². The summed E-state index contributed by atoms with van der Waals surface area (Å²) < 4.78 is 26.6. The van der Waals surface area contributed by atoms with E-state index in [9.17, 15) is 13.6 Å². The number of halogens is 2. The van der Waals surface area contributed by atoms with Gasteiger partial charge in [-0.3, -0.25) is 5.32 Å². The smallest absolute Gasteiger partial charge is 0.410 e. The average Bonchev–Trinajstić information content (AvgIpc) is 2.15. The summed E-state index contributed by atoms with van der Waals surface area (Å²) in [5.74, 6) is -2.96. The number of rotatable bonds is 3. The Balaban J connectivity index is 3.36. The molecule has 0 spiro atoms. The van der Waals surface area contributed by atoms with Crippen LogP contribution in [0.4, 0.5) is 19.4 Å². The van der Waals surface area contributed by atoms with Gasteiger partial charge in [-0.15, -0.1) is 0 Å². The molecule has 0 bridgehead atoms. The maximum absolute atomic E-state index is 13.3. The fourth-order valence-corrected chi connectivity index (χ4v) is 1.89. The van der Waals surface area contributed by atoms with E-state index >= 15 is 0 Å². The summed E-state index contributed by atoms with van der Waals surface area (Å²) in [6, 6.07) is 1.65. The third kappa shape index (κ3) is 4.46. The minimum Gasteiger partial charge on any atom is -0.465 e. The molecule has 0 aromatic carbocycles. The number of nitrogens with zero attached hydrogens (tertiary/aromatic N) is 1. The van der Waals surface area contributed by atoms with Crippen LogP contribution in [0.5, 0.6) is 0 Å². The summed E-state index contributed by atoms with van der Waals surface area (Å²) >= 11 is 0. The molecule has 4 nitrogen and oxygen atoms in total. The van der Waals surface area contributed by atoms with Crippen LogP contribution in [0.1, 0.15) is 38.8 Å². The third-order valence-electron chi connectivity index (χ3n) is 2.58. The van der Waals surface area contributed by atoms with Crippen LogP contribution in [0.25, 0.3) is 0 Å². The topological polar surface area (TPSA) is 62.2 Å². The van der Waals surface area contributed by atoms with Gasteiger partial charge in [0, 0.05) is 18.2 Å². The number of carboxylic acid groups (broad SMARTS) is 1. The number of hydrogen-bond donors (Lipinski definition) is 2. The van der Waals surface area contributed by atoms with E-state index in [2.05, 4.69) is 10.3 Å². The van der Waals surface area contributed by atoms with E-state index in [1.165, 1.54) is 6.20 Å². The molecule has 0 saturated carbocycles. The van der Waals surface area contributed by atoms with Gasteiger partial charge in [0.1, 0.15) is 5.82 Å². The van der Waals surface area contributed by atoms with Crippen molar-refractivity contribution in [3.05, 3.63) is 23.4 Å². The Morgan fingerprint density at radius 2 is 1.95 bits per heavy atom. The summed E-state index contributed by atoms with van der Waals surface area (Å²) in [5, 5.41) is 10.8. The van der Waals surface area contributed by atoms with E-state index in [4.69, 9.17) is 5.11 Å². The molecule has 0 atom stereocenters. The molecule has 19 heavy (non-hydrogen) atoms. The van der Waals surface area contributed by atoms with Gasteiger partial charge in [0.25, 0.3) is 0 Å². The quantitative estimate of drug-likeness (QED) is 0.882. The Labute approximate surface area is 110 Å². The lowest BCUT2D eigenvalue weighted by Crippen LogP contribution is -2.23. The van der Waals surface area contributed by atoms with Crippen LogP contribution >= 0.6 is 0 Å². The second-order valence-electron chi connectivity index (χ2n) is 5.61. The number of hydrogen-bond acceptors (Lipinski definition) is 2. The first-order valence-electron chi connectivity index (χ1n) is 5.87. The molecule has 6 heteroatoms. The third-order valence-corrected chi connectivity index (χ3v) is 2.58. The van der Waals surface area contributed by atoms with Crippen LogP contribution in [0.2, 0.25) is 0 Å². The predicted molar refractivity (Wildman–Crippen MR) is 68.9 cm³/mol. The van der Waals surface area contributed by atoms with Crippen molar-refractivity contribution in [1.82, 2.24) is 4.98 Å². The van der Waals surface area contributed by atoms with Crippen molar-refractivity contribution in [2.45, 2.75) is 45.5 Å². The average molecular weight is 272 g/mol. The molecule has 1 aromatic heterocycles. The van der Waals surface area contributed by atoms with Gasteiger partial charge >= 0.3 is 6.09 Å². The molecule has 0 aliphatic heterocycles. The van der Waals surface area contributed by atoms with Gasteiger partial charge in [0.15, 0.2) is 0 Å². The van der Waals surface area contributed by atoms with Gasteiger partial charge in [-0.05, 0) is 24.0 Å². The van der Waals surface area contributed by atoms with E-state index in [0.29, 0.717) is 5.56 Å². The fraction of sp³-hybridized carbons (Fsp3) is 0.538. The second kappa shape index (κ2) is 5.11. The fourth-order valence-electron chi connectivity index (χ4n) is 1.89. The van der Waals surface area contributed by atoms with Crippen molar-refractivity contribution >= 4 is 11.9 Å². The molecule has 0 aliphatic rings. The lowest BCUT2D eigenvalue weighted by atomic mass is 9.83. The number of carbonyl (C=O) groups is 1. The van der Waals surface area contributed by atoms with E-state index in [0.717, 1.165) is 6.92 Å². The van der Waals surface area contributed by atoms with Crippen molar-refractivity contribution < 1.29 is 18.7 Å². The second-order valence-corrected chi connectivity index (χ2v) is 5.61. The zero-order chi connectivity index (χ0) is 14.8. The molecule has 1 amide bonds. The van der Waals surface area contributed by atoms with E-state index in [-0.39, 0.29) is 16.8 Å². The van der Waals surface area contributed by atoms with Crippen LogP contribution in [0.15, 0.2) is 12.3 Å². The van der Waals surface area contributed by atoms with Crippen molar-refractivity contribution in [1.29, 1.82) is 0 Å². The first-order valence-corrected chi connectivity index (χ1v) is 5.87. The standard InChI is InChI=1S/C13H18F2N2O2/c1-12(2,3)9-5-6-16-10(17-11(18)19)8(9)7-13(4,14)15/h5-6H,7H2,1-4H3,(H,16,17)(H,18,19). The Morgan fingerprint density at radius 3 is 2.37 bits per heavy atom. The molecule has 1 rings (SSSR count). The molecule has 1 aromatic rings. The summed E-state index contributed by atoms with van der Waals surface area (Å²) in [4.78, 5) is 14.6. The number of amides is 1. The molecular weight excluding hydrogens is 254 g/mol. The monoisotopic (exact) mass is 272 g/mol. The molecule has 0 aliphatic carbocycles. The molecular formula is C13H18F2N2O2. The lowest BCUT2D eigenvalue weighted by Gasteiger charge is -2.25. The van der Waals surface area contributed by atoms with Crippen LogP contribution in [-0.2, 0) is 11.8 Å². The van der Waals surface area contributed by atoms with Gasteiger partial charge in [-0.1, -0.05) is 20.8 Å². The Kier molecular flexibility index (Phi) is 4.12. The van der Waals surface area contributed by atoms with E-state index in [1.54, 1.807) is 6.07 Å². The van der Waals surface area contributed by atoms with Gasteiger partial charge in [0.2, 0.25) is 5.92 Å². The first-order chi connectivity index (χ1) is 8.50. The maximum atomic E-state index is 13.3. The lowest BCUT2D eigenvalue weighted by molar-refractivity contribution is 0.0223. The Morgan fingerprint density at radius 1 is 1.37 bits per heavy atom. The zero-order valence-corrected chi connectivity index (χ0v) is 11.4. The summed E-state index contributed by atoms with van der Waals surface area (Å²) in [6.45, 7) is 6.44. The van der Waals surface area contributed by atoms with Gasteiger partial charge in [-0.25, -0.2) is 18.6 Å². The molecule has 0 fully saturated rings. The minimum atomic E-state index is -2.93. The van der Waals surface area contributed by atoms with Crippen LogP contribution in [0.3, 0.4) is 0 Å². The highest BCUT2D eigenvalue weighted by molar-refractivity contribution is 5.82. The molecule has 0 saturated heterocycles. The van der Waals surface area contributed by atoms with Gasteiger partial charge < -0.3 is 5.11 Å². The summed E-state index contributed by atoms with van der Waals surface area (Å²) in [7, 11) is 0. The number of nitrogens with one attached hydrogen (secondary N) is 1. The summed E-state index contributed by atoms with van der Waals surface area (Å²) in [6.07, 6.45) is -0.453. The zero-order valence-electron chi connectivity index (χ0n) is 11.4. The van der Waals surface area contributed by atoms with Gasteiger partial charge in [-0.2, -0.15) is 0 Å². The van der Waals surface area contributed by atoms with Crippen molar-refractivity contribution in [3.63, 3.8) is 0 Å². The molecule has 106 valence electrons. The van der Waals surface area contributed by atoms with Crippen molar-refractivity contribution in [3.8, 4) is 0 Å². The minimum absolute atomic E-state index is 0.0264. The van der Waals surface area contributed by atoms with Crippen LogP contribution < -0.4 is 5.32 Å². The number of aromatic nitrogens is 1. The SMILES string of the molecule is CC(F)(F)Cc1c(C(C)(C)C)ccnc1NC(=O)O. The Hall–Kier alpha value is -1.72. The predicted octanol–water partition coefficient (Wildman–Crippen LogP) is 3.67. The molecule has 0 radical (unpaired) electrons. The highest BCUT2D eigenvalue weighted by Gasteiger charge is 2.29. The molecule has 1 heterocycles. The van der Waals surface area contributed by atoms with Gasteiger partial charge in [0.05, 0.1) is 0 Å². The highest BCUT2D eigenvalue weighted by Crippen LogP contribution is 2.33.